The maximum Gasteiger partial charge on any atom is 0.227 e. The Hall–Kier alpha value is -5.01. The zero-order valence-electron chi connectivity index (χ0n) is 18.6. The molecule has 5 aromatic rings. The third kappa shape index (κ3) is 3.30. The van der Waals surface area contributed by atoms with Crippen molar-refractivity contribution in [3.63, 3.8) is 0 Å². The molecule has 0 unspecified atom stereocenters. The fourth-order valence-electron chi connectivity index (χ4n) is 4.69. The number of carbonyl (C=O) groups excluding carboxylic acids is 1. The number of amides is 1. The highest BCUT2D eigenvalue weighted by molar-refractivity contribution is 6.06. The van der Waals surface area contributed by atoms with Gasteiger partial charge in [0.15, 0.2) is 0 Å². The van der Waals surface area contributed by atoms with E-state index in [-0.39, 0.29) is 5.91 Å². The number of hydrogen-bond acceptors (Lipinski definition) is 5. The fourth-order valence-corrected chi connectivity index (χ4v) is 4.69. The minimum Gasteiger partial charge on any atom is -0.311 e. The first-order valence-corrected chi connectivity index (χ1v) is 11.2. The van der Waals surface area contributed by atoms with E-state index in [2.05, 4.69) is 33.0 Å². The van der Waals surface area contributed by atoms with Gasteiger partial charge in [-0.1, -0.05) is 12.1 Å². The maximum atomic E-state index is 12.3. The highest BCUT2D eigenvalue weighted by Gasteiger charge is 2.24. The van der Waals surface area contributed by atoms with Gasteiger partial charge in [-0.05, 0) is 54.3 Å². The quantitative estimate of drug-likeness (QED) is 0.371. The Morgan fingerprint density at radius 2 is 2.00 bits per heavy atom. The van der Waals surface area contributed by atoms with Crippen LogP contribution in [-0.4, -0.2) is 32.0 Å². The van der Waals surface area contributed by atoms with E-state index in [4.69, 9.17) is 6.42 Å². The van der Waals surface area contributed by atoms with E-state index in [9.17, 15) is 10.1 Å². The lowest BCUT2D eigenvalue weighted by Gasteiger charge is -2.18. The molecular formula is C28H18N6O. The molecule has 1 aliphatic rings. The predicted octanol–water partition coefficient (Wildman–Crippen LogP) is 4.62. The monoisotopic (exact) mass is 454 g/mol. The molecule has 0 N–H and O–H groups in total. The molecule has 0 atom stereocenters. The van der Waals surface area contributed by atoms with Crippen molar-refractivity contribution >= 4 is 33.5 Å². The summed E-state index contributed by atoms with van der Waals surface area (Å²) < 4.78 is 1.92. The molecule has 0 aliphatic carbocycles. The van der Waals surface area contributed by atoms with E-state index in [1.165, 1.54) is 0 Å². The minimum atomic E-state index is 0.0426. The molecule has 1 aliphatic heterocycles. The second-order valence-corrected chi connectivity index (χ2v) is 8.35. The van der Waals surface area contributed by atoms with Crippen molar-refractivity contribution < 1.29 is 4.79 Å². The summed E-state index contributed by atoms with van der Waals surface area (Å²) in [5.41, 5.74) is 6.44. The third-order valence-corrected chi connectivity index (χ3v) is 6.35. The average Bonchev–Trinajstić information content (AvgIpc) is 3.55. The fraction of sp³-hybridized carbons (Fsp3) is 0.107. The molecule has 7 heteroatoms. The number of rotatable bonds is 3. The molecule has 1 amide bonds. The largest absolute Gasteiger partial charge is 0.311 e. The Bertz CT molecular complexity index is 1720. The lowest BCUT2D eigenvalue weighted by Crippen LogP contribution is -2.24. The molecule has 0 bridgehead atoms. The van der Waals surface area contributed by atoms with Crippen LogP contribution in [0.2, 0.25) is 0 Å². The van der Waals surface area contributed by atoms with Crippen LogP contribution in [0.5, 0.6) is 0 Å². The molecule has 7 nitrogen and oxygen atoms in total. The number of benzene rings is 2. The van der Waals surface area contributed by atoms with Gasteiger partial charge >= 0.3 is 0 Å². The number of fused-ring (bicyclic) bond motifs is 3. The van der Waals surface area contributed by atoms with Gasteiger partial charge in [0.2, 0.25) is 5.91 Å². The molecule has 35 heavy (non-hydrogen) atoms. The summed E-state index contributed by atoms with van der Waals surface area (Å²) in [6.07, 6.45) is 12.3. The molecule has 0 spiro atoms. The van der Waals surface area contributed by atoms with Crippen molar-refractivity contribution in [2.75, 3.05) is 11.4 Å². The van der Waals surface area contributed by atoms with Gasteiger partial charge in [-0.15, -0.1) is 6.42 Å². The highest BCUT2D eigenvalue weighted by atomic mass is 16.2. The standard InChI is InChI=1S/C28H18N6O/c1-2-23-27-28(22-14-18(7-9-24(22)32-23)19-5-3-11-30-16-19)34(17-31-27)21-8-10-25(20(13-21)15-29)33-12-4-6-26(33)35/h1,3,5,7-11,13-14,16-17H,4,6,12H2. The molecule has 4 heterocycles. The van der Waals surface area contributed by atoms with Gasteiger partial charge in [0, 0.05) is 42.0 Å². The molecule has 0 radical (unpaired) electrons. The number of hydrogen-bond donors (Lipinski definition) is 0. The minimum absolute atomic E-state index is 0.0426. The Morgan fingerprint density at radius 1 is 1.09 bits per heavy atom. The smallest absolute Gasteiger partial charge is 0.227 e. The van der Waals surface area contributed by atoms with Crippen LogP contribution in [0.15, 0.2) is 67.3 Å². The second-order valence-electron chi connectivity index (χ2n) is 8.35. The van der Waals surface area contributed by atoms with Crippen molar-refractivity contribution in [1.82, 2.24) is 19.5 Å². The summed E-state index contributed by atoms with van der Waals surface area (Å²) in [6.45, 7) is 0.625. The Balaban J connectivity index is 1.59. The van der Waals surface area contributed by atoms with Gasteiger partial charge in [0.1, 0.15) is 23.6 Å². The first kappa shape index (κ1) is 20.6. The maximum absolute atomic E-state index is 12.3. The molecule has 166 valence electrons. The molecule has 1 fully saturated rings. The van der Waals surface area contributed by atoms with E-state index in [0.717, 1.165) is 39.7 Å². The number of pyridine rings is 2. The Kier molecular flexibility index (Phi) is 4.76. The van der Waals surface area contributed by atoms with Crippen LogP contribution in [-0.2, 0) is 4.79 Å². The van der Waals surface area contributed by atoms with E-state index in [1.807, 2.05) is 47.2 Å². The van der Waals surface area contributed by atoms with Gasteiger partial charge in [-0.2, -0.15) is 5.26 Å². The molecule has 2 aromatic carbocycles. The number of imidazole rings is 1. The van der Waals surface area contributed by atoms with E-state index in [0.29, 0.717) is 35.4 Å². The van der Waals surface area contributed by atoms with Crippen molar-refractivity contribution in [3.05, 3.63) is 78.5 Å². The summed E-state index contributed by atoms with van der Waals surface area (Å²) in [6, 6.07) is 17.7. The highest BCUT2D eigenvalue weighted by Crippen LogP contribution is 2.33. The number of anilines is 1. The topological polar surface area (TPSA) is 87.7 Å². The summed E-state index contributed by atoms with van der Waals surface area (Å²) >= 11 is 0. The van der Waals surface area contributed by atoms with Crippen LogP contribution in [0.1, 0.15) is 24.1 Å². The number of carbonyl (C=O) groups is 1. The Morgan fingerprint density at radius 3 is 2.74 bits per heavy atom. The van der Waals surface area contributed by atoms with E-state index >= 15 is 0 Å². The van der Waals surface area contributed by atoms with Crippen molar-refractivity contribution in [1.29, 1.82) is 5.26 Å². The summed E-state index contributed by atoms with van der Waals surface area (Å²) in [7, 11) is 0. The van der Waals surface area contributed by atoms with Gasteiger partial charge in [-0.3, -0.25) is 14.3 Å². The zero-order valence-corrected chi connectivity index (χ0v) is 18.6. The van der Waals surface area contributed by atoms with E-state index in [1.54, 1.807) is 23.5 Å². The number of terminal acetylenes is 1. The van der Waals surface area contributed by atoms with Crippen LogP contribution in [0.4, 0.5) is 5.69 Å². The molecule has 1 saturated heterocycles. The van der Waals surface area contributed by atoms with Crippen molar-refractivity contribution in [2.24, 2.45) is 0 Å². The lowest BCUT2D eigenvalue weighted by atomic mass is 10.0. The van der Waals surface area contributed by atoms with Crippen LogP contribution in [0, 0.1) is 23.7 Å². The SMILES string of the molecule is C#Cc1nc2ccc(-c3cccnc3)cc2c2c1ncn2-c1ccc(N2CCCC2=O)c(C#N)c1. The van der Waals surface area contributed by atoms with Crippen molar-refractivity contribution in [3.8, 4) is 35.2 Å². The number of nitrogens with zero attached hydrogens (tertiary/aromatic N) is 6. The predicted molar refractivity (Wildman–Crippen MR) is 134 cm³/mol. The van der Waals surface area contributed by atoms with E-state index < -0.39 is 0 Å². The molecule has 6 rings (SSSR count). The van der Waals surface area contributed by atoms with Gasteiger partial charge in [0.05, 0.1) is 22.3 Å². The van der Waals surface area contributed by atoms with Gasteiger partial charge in [0.25, 0.3) is 0 Å². The normalized spacial score (nSPS) is 13.3. The van der Waals surface area contributed by atoms with Crippen LogP contribution in [0.3, 0.4) is 0 Å². The molecule has 0 saturated carbocycles. The third-order valence-electron chi connectivity index (χ3n) is 6.35. The summed E-state index contributed by atoms with van der Waals surface area (Å²) in [4.78, 5) is 27.4. The number of aromatic nitrogens is 4. The van der Waals surface area contributed by atoms with Gasteiger partial charge in [-0.25, -0.2) is 9.97 Å². The first-order chi connectivity index (χ1) is 17.2. The van der Waals surface area contributed by atoms with Crippen LogP contribution in [0.25, 0.3) is 38.8 Å². The Labute approximate surface area is 201 Å². The van der Waals surface area contributed by atoms with Crippen LogP contribution < -0.4 is 4.90 Å². The van der Waals surface area contributed by atoms with Gasteiger partial charge < -0.3 is 4.90 Å². The average molecular weight is 454 g/mol. The van der Waals surface area contributed by atoms with Crippen LogP contribution >= 0.6 is 0 Å². The second kappa shape index (κ2) is 8.09. The summed E-state index contributed by atoms with van der Waals surface area (Å²) in [5.74, 6) is 2.70. The first-order valence-electron chi connectivity index (χ1n) is 11.2. The lowest BCUT2D eigenvalue weighted by molar-refractivity contribution is -0.117. The molecular weight excluding hydrogens is 436 g/mol. The molecule has 3 aromatic heterocycles. The van der Waals surface area contributed by atoms with Crippen molar-refractivity contribution in [2.45, 2.75) is 12.8 Å². The number of nitriles is 1. The zero-order chi connectivity index (χ0) is 23.9. The summed E-state index contributed by atoms with van der Waals surface area (Å²) in [5, 5.41) is 10.7.